The molecule has 2 aromatic rings. The summed E-state index contributed by atoms with van der Waals surface area (Å²) in [7, 11) is 0. The molecule has 0 aliphatic carbocycles. The Morgan fingerprint density at radius 3 is 3.08 bits per heavy atom. The normalized spacial score (nSPS) is 14.3. The van der Waals surface area contributed by atoms with E-state index in [0.29, 0.717) is 17.9 Å². The zero-order valence-electron chi connectivity index (χ0n) is 13.5. The second kappa shape index (κ2) is 7.49. The van der Waals surface area contributed by atoms with Crippen molar-refractivity contribution in [2.45, 2.75) is 32.2 Å². The minimum absolute atomic E-state index is 0.0389. The van der Waals surface area contributed by atoms with Crippen LogP contribution in [0.1, 0.15) is 36.2 Å². The summed E-state index contributed by atoms with van der Waals surface area (Å²) in [6, 6.07) is 9.58. The third-order valence-electron chi connectivity index (χ3n) is 3.92. The van der Waals surface area contributed by atoms with Gasteiger partial charge in [0.15, 0.2) is 6.61 Å². The van der Waals surface area contributed by atoms with Crippen LogP contribution in [0.3, 0.4) is 0 Å². The van der Waals surface area contributed by atoms with Gasteiger partial charge in [-0.2, -0.15) is 0 Å². The third kappa shape index (κ3) is 4.14. The SMILES string of the molecule is C[C@@H](NC(=O)CCCc1cccs1)c1ccc2c(c1)NC(=O)CO2. The Bertz CT molecular complexity index is 728. The lowest BCUT2D eigenvalue weighted by Crippen LogP contribution is -2.28. The summed E-state index contributed by atoms with van der Waals surface area (Å²) in [6.45, 7) is 1.98. The summed E-state index contributed by atoms with van der Waals surface area (Å²) >= 11 is 1.72. The lowest BCUT2D eigenvalue weighted by molar-refractivity contribution is -0.122. The molecule has 126 valence electrons. The number of hydrogen-bond donors (Lipinski definition) is 2. The molecule has 0 fully saturated rings. The quantitative estimate of drug-likeness (QED) is 0.845. The molecular weight excluding hydrogens is 324 g/mol. The number of thiophene rings is 1. The Hall–Kier alpha value is -2.34. The van der Waals surface area contributed by atoms with Crippen molar-refractivity contribution in [2.24, 2.45) is 0 Å². The van der Waals surface area contributed by atoms with E-state index < -0.39 is 0 Å². The molecule has 0 saturated heterocycles. The van der Waals surface area contributed by atoms with E-state index in [9.17, 15) is 9.59 Å². The first-order chi connectivity index (χ1) is 11.6. The second-order valence-corrected chi connectivity index (χ2v) is 6.85. The first-order valence-corrected chi connectivity index (χ1v) is 8.88. The van der Waals surface area contributed by atoms with E-state index in [0.717, 1.165) is 18.4 Å². The number of carbonyl (C=O) groups is 2. The summed E-state index contributed by atoms with van der Waals surface area (Å²) in [4.78, 5) is 24.8. The Morgan fingerprint density at radius 2 is 2.29 bits per heavy atom. The van der Waals surface area contributed by atoms with Gasteiger partial charge in [0, 0.05) is 11.3 Å². The molecule has 1 aromatic carbocycles. The van der Waals surface area contributed by atoms with E-state index in [4.69, 9.17) is 4.74 Å². The topological polar surface area (TPSA) is 67.4 Å². The fourth-order valence-corrected chi connectivity index (χ4v) is 3.40. The summed E-state index contributed by atoms with van der Waals surface area (Å²) < 4.78 is 5.34. The van der Waals surface area contributed by atoms with Gasteiger partial charge in [-0.05, 0) is 48.9 Å². The van der Waals surface area contributed by atoms with Gasteiger partial charge in [0.2, 0.25) is 5.91 Å². The lowest BCUT2D eigenvalue weighted by Gasteiger charge is -2.21. The predicted octanol–water partition coefficient (Wildman–Crippen LogP) is 3.28. The molecular formula is C18H20N2O3S. The van der Waals surface area contributed by atoms with Gasteiger partial charge in [0.1, 0.15) is 5.75 Å². The Labute approximate surface area is 145 Å². The summed E-state index contributed by atoms with van der Waals surface area (Å²) in [6.07, 6.45) is 2.28. The van der Waals surface area contributed by atoms with E-state index in [2.05, 4.69) is 22.1 Å². The highest BCUT2D eigenvalue weighted by molar-refractivity contribution is 7.09. The van der Waals surface area contributed by atoms with Crippen LogP contribution in [0.2, 0.25) is 0 Å². The van der Waals surface area contributed by atoms with Crippen LogP contribution in [0.5, 0.6) is 5.75 Å². The summed E-state index contributed by atoms with van der Waals surface area (Å²) in [5.41, 5.74) is 1.59. The molecule has 0 radical (unpaired) electrons. The maximum atomic E-state index is 12.1. The molecule has 2 N–H and O–H groups in total. The Morgan fingerprint density at radius 1 is 1.42 bits per heavy atom. The van der Waals surface area contributed by atoms with Gasteiger partial charge in [0.25, 0.3) is 5.91 Å². The molecule has 0 unspecified atom stereocenters. The van der Waals surface area contributed by atoms with Crippen LogP contribution < -0.4 is 15.4 Å². The molecule has 1 aromatic heterocycles. The highest BCUT2D eigenvalue weighted by Gasteiger charge is 2.18. The fourth-order valence-electron chi connectivity index (χ4n) is 2.65. The van der Waals surface area contributed by atoms with Crippen LogP contribution in [0.25, 0.3) is 0 Å². The molecule has 0 spiro atoms. The minimum Gasteiger partial charge on any atom is -0.482 e. The minimum atomic E-state index is -0.162. The van der Waals surface area contributed by atoms with Crippen molar-refractivity contribution >= 4 is 28.8 Å². The van der Waals surface area contributed by atoms with Crippen LogP contribution in [-0.4, -0.2) is 18.4 Å². The molecule has 24 heavy (non-hydrogen) atoms. The smallest absolute Gasteiger partial charge is 0.262 e. The van der Waals surface area contributed by atoms with Crippen molar-refractivity contribution in [3.8, 4) is 5.75 Å². The van der Waals surface area contributed by atoms with Crippen molar-refractivity contribution in [2.75, 3.05) is 11.9 Å². The van der Waals surface area contributed by atoms with Crippen LogP contribution in [0.15, 0.2) is 35.7 Å². The number of benzene rings is 1. The average molecular weight is 344 g/mol. The number of amides is 2. The zero-order chi connectivity index (χ0) is 16.9. The second-order valence-electron chi connectivity index (χ2n) is 5.81. The monoisotopic (exact) mass is 344 g/mol. The number of nitrogens with one attached hydrogen (secondary N) is 2. The number of carbonyl (C=O) groups excluding carboxylic acids is 2. The molecule has 5 nitrogen and oxygen atoms in total. The van der Waals surface area contributed by atoms with Crippen LogP contribution in [0, 0.1) is 0 Å². The molecule has 0 bridgehead atoms. The zero-order valence-corrected chi connectivity index (χ0v) is 14.3. The van der Waals surface area contributed by atoms with Gasteiger partial charge < -0.3 is 15.4 Å². The van der Waals surface area contributed by atoms with E-state index >= 15 is 0 Å². The highest BCUT2D eigenvalue weighted by atomic mass is 32.1. The van der Waals surface area contributed by atoms with E-state index in [1.165, 1.54) is 4.88 Å². The standard InChI is InChI=1S/C18H20N2O3S/c1-12(19-17(21)6-2-4-14-5-3-9-24-14)13-7-8-16-15(10-13)20-18(22)11-23-16/h3,5,7-10,12H,2,4,6,11H2,1H3,(H,19,21)(H,20,22)/t12-/m1/s1. The van der Waals surface area contributed by atoms with Gasteiger partial charge in [-0.1, -0.05) is 12.1 Å². The van der Waals surface area contributed by atoms with E-state index in [1.54, 1.807) is 11.3 Å². The van der Waals surface area contributed by atoms with Gasteiger partial charge in [-0.25, -0.2) is 0 Å². The number of anilines is 1. The van der Waals surface area contributed by atoms with Crippen molar-refractivity contribution in [1.29, 1.82) is 0 Å². The number of hydrogen-bond acceptors (Lipinski definition) is 4. The third-order valence-corrected chi connectivity index (χ3v) is 4.86. The van der Waals surface area contributed by atoms with Crippen LogP contribution in [0.4, 0.5) is 5.69 Å². The number of ether oxygens (including phenoxy) is 1. The molecule has 0 saturated carbocycles. The Kier molecular flexibility index (Phi) is 5.15. The summed E-state index contributed by atoms with van der Waals surface area (Å²) in [5.74, 6) is 0.537. The molecule has 1 aliphatic rings. The molecule has 2 heterocycles. The van der Waals surface area contributed by atoms with Crippen molar-refractivity contribution in [1.82, 2.24) is 5.32 Å². The van der Waals surface area contributed by atoms with Crippen molar-refractivity contribution in [3.63, 3.8) is 0 Å². The Balaban J connectivity index is 1.52. The van der Waals surface area contributed by atoms with Crippen LogP contribution >= 0.6 is 11.3 Å². The highest BCUT2D eigenvalue weighted by Crippen LogP contribution is 2.30. The van der Waals surface area contributed by atoms with Gasteiger partial charge in [0.05, 0.1) is 11.7 Å². The lowest BCUT2D eigenvalue weighted by atomic mass is 10.1. The van der Waals surface area contributed by atoms with Crippen molar-refractivity contribution < 1.29 is 14.3 Å². The average Bonchev–Trinajstić information content (AvgIpc) is 3.07. The molecule has 2 amide bonds. The molecule has 1 aliphatic heterocycles. The van der Waals surface area contributed by atoms with Crippen LogP contribution in [-0.2, 0) is 16.0 Å². The molecule has 3 rings (SSSR count). The number of rotatable bonds is 6. The number of fused-ring (bicyclic) bond motifs is 1. The van der Waals surface area contributed by atoms with E-state index in [1.807, 2.05) is 31.2 Å². The van der Waals surface area contributed by atoms with Gasteiger partial charge in [-0.3, -0.25) is 9.59 Å². The maximum Gasteiger partial charge on any atom is 0.262 e. The largest absolute Gasteiger partial charge is 0.482 e. The predicted molar refractivity (Wildman–Crippen MR) is 94.4 cm³/mol. The molecule has 6 heteroatoms. The first kappa shape index (κ1) is 16.5. The van der Waals surface area contributed by atoms with Gasteiger partial charge in [-0.15, -0.1) is 11.3 Å². The fraction of sp³-hybridized carbons (Fsp3) is 0.333. The maximum absolute atomic E-state index is 12.1. The van der Waals surface area contributed by atoms with E-state index in [-0.39, 0.29) is 24.5 Å². The molecule has 1 atom stereocenters. The number of aryl methyl sites for hydroxylation is 1. The van der Waals surface area contributed by atoms with Gasteiger partial charge >= 0.3 is 0 Å². The summed E-state index contributed by atoms with van der Waals surface area (Å²) in [5, 5.41) is 7.84. The van der Waals surface area contributed by atoms with Crippen molar-refractivity contribution in [3.05, 3.63) is 46.2 Å². The first-order valence-electron chi connectivity index (χ1n) is 8.00.